The Hall–Kier alpha value is -0.540. The van der Waals surface area contributed by atoms with Gasteiger partial charge >= 0.3 is 0 Å². The van der Waals surface area contributed by atoms with Crippen molar-refractivity contribution in [2.75, 3.05) is 6.61 Å². The Morgan fingerprint density at radius 1 is 0.857 bits per heavy atom. The van der Waals surface area contributed by atoms with E-state index in [1.807, 2.05) is 52.0 Å². The predicted octanol–water partition coefficient (Wildman–Crippen LogP) is 4.63. The third kappa shape index (κ3) is 4.95. The monoisotopic (exact) mass is 460 g/mol. The number of halogens is 1. The van der Waals surface area contributed by atoms with Gasteiger partial charge in [-0.15, -0.1) is 0 Å². The zero-order chi connectivity index (χ0) is 18.5. The van der Waals surface area contributed by atoms with Gasteiger partial charge in [-0.2, -0.15) is 0 Å². The topological polar surface area (TPSA) is 55.4 Å². The van der Waals surface area contributed by atoms with E-state index < -0.39 is 17.9 Å². The fourth-order valence-electron chi connectivity index (χ4n) is 3.70. The molecule has 0 aliphatic carbocycles. The Morgan fingerprint density at radius 2 is 1.43 bits per heavy atom. The zero-order valence-electron chi connectivity index (χ0n) is 15.4. The smallest absolute Gasteiger partial charge is 0.190 e. The van der Waals surface area contributed by atoms with Crippen LogP contribution >= 0.6 is 15.9 Å². The van der Waals surface area contributed by atoms with Gasteiger partial charge in [0.25, 0.3) is 0 Å². The third-order valence-electron chi connectivity index (χ3n) is 4.71. The highest BCUT2D eigenvalue weighted by Gasteiger charge is 2.60. The number of hydrogen-bond donors (Lipinski definition) is 0. The molecular weight excluding hydrogens is 428 g/mol. The van der Waals surface area contributed by atoms with Gasteiger partial charge in [0.15, 0.2) is 17.9 Å². The SMILES string of the molecule is C.C.CC1(C)OC2[C@H](OC(COCc3ccc(Br)cc3)[C@@H]3OC(C)(C)O[C@H]23)O1. The molecule has 0 saturated carbocycles. The lowest BCUT2D eigenvalue weighted by atomic mass is 9.99. The molecule has 3 fully saturated rings. The van der Waals surface area contributed by atoms with Crippen LogP contribution in [0.25, 0.3) is 0 Å². The van der Waals surface area contributed by atoms with Crippen LogP contribution in [-0.2, 0) is 35.0 Å². The van der Waals surface area contributed by atoms with Crippen LogP contribution in [0.4, 0.5) is 0 Å². The molecule has 0 N–H and O–H groups in total. The van der Waals surface area contributed by atoms with Gasteiger partial charge in [0.05, 0.1) is 13.2 Å². The number of benzene rings is 1. The second-order valence-electron chi connectivity index (χ2n) is 7.85. The summed E-state index contributed by atoms with van der Waals surface area (Å²) in [5.41, 5.74) is 1.10. The van der Waals surface area contributed by atoms with E-state index in [2.05, 4.69) is 15.9 Å². The minimum Gasteiger partial charge on any atom is -0.374 e. The average Bonchev–Trinajstić information content (AvgIpc) is 3.03. The first-order valence-electron chi connectivity index (χ1n) is 8.91. The molecule has 5 atom stereocenters. The molecule has 3 aliphatic rings. The van der Waals surface area contributed by atoms with Crippen molar-refractivity contribution in [2.45, 2.75) is 91.4 Å². The summed E-state index contributed by atoms with van der Waals surface area (Å²) in [6.07, 6.45) is -1.57. The maximum absolute atomic E-state index is 6.13. The van der Waals surface area contributed by atoms with Crippen molar-refractivity contribution in [1.82, 2.24) is 0 Å². The summed E-state index contributed by atoms with van der Waals surface area (Å²) in [6, 6.07) is 8.05. The van der Waals surface area contributed by atoms with Crippen LogP contribution in [0, 0.1) is 0 Å². The number of ether oxygens (including phenoxy) is 6. The van der Waals surface area contributed by atoms with Crippen LogP contribution in [-0.4, -0.2) is 48.9 Å². The minimum absolute atomic E-state index is 0. The first kappa shape index (κ1) is 23.7. The van der Waals surface area contributed by atoms with Crippen LogP contribution in [0.5, 0.6) is 0 Å². The van der Waals surface area contributed by atoms with Gasteiger partial charge in [-0.25, -0.2) is 0 Å². The van der Waals surface area contributed by atoms with Crippen molar-refractivity contribution < 1.29 is 28.4 Å². The Kier molecular flexibility index (Phi) is 7.36. The lowest BCUT2D eigenvalue weighted by molar-refractivity contribution is -0.243. The van der Waals surface area contributed by atoms with E-state index in [4.69, 9.17) is 28.4 Å². The van der Waals surface area contributed by atoms with Crippen LogP contribution in [0.2, 0.25) is 0 Å². The molecule has 0 bridgehead atoms. The zero-order valence-corrected chi connectivity index (χ0v) is 17.0. The van der Waals surface area contributed by atoms with E-state index in [1.54, 1.807) is 0 Å². The van der Waals surface area contributed by atoms with Crippen molar-refractivity contribution in [3.8, 4) is 0 Å². The molecule has 0 aromatic heterocycles. The first-order valence-corrected chi connectivity index (χ1v) is 9.71. The summed E-state index contributed by atoms with van der Waals surface area (Å²) in [5, 5.41) is 0. The Labute approximate surface area is 176 Å². The largest absolute Gasteiger partial charge is 0.374 e. The third-order valence-corrected chi connectivity index (χ3v) is 5.24. The number of rotatable bonds is 4. The minimum atomic E-state index is -0.705. The quantitative estimate of drug-likeness (QED) is 0.652. The molecule has 6 nitrogen and oxygen atoms in total. The fraction of sp³-hybridized carbons (Fsp3) is 0.714. The van der Waals surface area contributed by atoms with Crippen LogP contribution in [0.3, 0.4) is 0 Å². The second kappa shape index (κ2) is 8.68. The highest BCUT2D eigenvalue weighted by Crippen LogP contribution is 2.44. The van der Waals surface area contributed by atoms with Gasteiger partial charge in [0, 0.05) is 4.47 Å². The molecule has 7 heteroatoms. The maximum Gasteiger partial charge on any atom is 0.190 e. The van der Waals surface area contributed by atoms with E-state index in [0.717, 1.165) is 10.0 Å². The standard InChI is InChI=1S/C19H25BrO6.2CH4/c1-18(2)23-14-13(10-21-9-11-5-7-12(20)8-6-11)22-17-16(15(14)24-18)25-19(3,4)26-17;;/h5-8,13-17H,9-10H2,1-4H3;2*1H4/t13?,14-,15-,16?,17+;;/m0../s1. The molecular formula is C21H33BrO6. The molecule has 0 spiro atoms. The molecule has 1 aromatic rings. The second-order valence-corrected chi connectivity index (χ2v) is 8.77. The molecule has 160 valence electrons. The molecule has 28 heavy (non-hydrogen) atoms. The lowest BCUT2D eigenvalue weighted by Crippen LogP contribution is -2.56. The molecule has 2 unspecified atom stereocenters. The van der Waals surface area contributed by atoms with E-state index in [1.165, 1.54) is 0 Å². The van der Waals surface area contributed by atoms with Gasteiger partial charge < -0.3 is 28.4 Å². The van der Waals surface area contributed by atoms with Crippen molar-refractivity contribution in [3.63, 3.8) is 0 Å². The predicted molar refractivity (Wildman–Crippen MR) is 110 cm³/mol. The summed E-state index contributed by atoms with van der Waals surface area (Å²) < 4.78 is 37.2. The number of hydrogen-bond acceptors (Lipinski definition) is 6. The van der Waals surface area contributed by atoms with Gasteiger partial charge in [0.2, 0.25) is 0 Å². The van der Waals surface area contributed by atoms with Crippen LogP contribution in [0.1, 0.15) is 48.1 Å². The maximum atomic E-state index is 6.13. The summed E-state index contributed by atoms with van der Waals surface area (Å²) in [7, 11) is 0. The van der Waals surface area contributed by atoms with Crippen molar-refractivity contribution in [2.24, 2.45) is 0 Å². The summed E-state index contributed by atoms with van der Waals surface area (Å²) >= 11 is 3.44. The fourth-order valence-corrected chi connectivity index (χ4v) is 3.97. The van der Waals surface area contributed by atoms with Crippen LogP contribution < -0.4 is 0 Å². The van der Waals surface area contributed by atoms with E-state index in [9.17, 15) is 0 Å². The van der Waals surface area contributed by atoms with E-state index in [-0.39, 0.29) is 39.3 Å². The average molecular weight is 461 g/mol. The Balaban J connectivity index is 0.00000140. The summed E-state index contributed by atoms with van der Waals surface area (Å²) in [5.74, 6) is -1.39. The molecule has 3 aliphatic heterocycles. The molecule has 4 rings (SSSR count). The van der Waals surface area contributed by atoms with E-state index in [0.29, 0.717) is 13.2 Å². The highest BCUT2D eigenvalue weighted by molar-refractivity contribution is 9.10. The Morgan fingerprint density at radius 3 is 2.11 bits per heavy atom. The van der Waals surface area contributed by atoms with Crippen molar-refractivity contribution >= 4 is 15.9 Å². The lowest BCUT2D eigenvalue weighted by Gasteiger charge is -2.37. The molecule has 0 radical (unpaired) electrons. The first-order chi connectivity index (χ1) is 12.2. The van der Waals surface area contributed by atoms with Gasteiger partial charge in [-0.1, -0.05) is 42.9 Å². The summed E-state index contributed by atoms with van der Waals surface area (Å²) in [4.78, 5) is 0. The highest BCUT2D eigenvalue weighted by atomic mass is 79.9. The summed E-state index contributed by atoms with van der Waals surface area (Å²) in [6.45, 7) is 8.46. The van der Waals surface area contributed by atoms with Gasteiger partial charge in [0.1, 0.15) is 24.4 Å². The Bertz CT molecular complexity index is 647. The van der Waals surface area contributed by atoms with Gasteiger partial charge in [-0.3, -0.25) is 0 Å². The number of fused-ring (bicyclic) bond motifs is 3. The molecule has 3 heterocycles. The van der Waals surface area contributed by atoms with Crippen molar-refractivity contribution in [1.29, 1.82) is 0 Å². The van der Waals surface area contributed by atoms with E-state index >= 15 is 0 Å². The van der Waals surface area contributed by atoms with Gasteiger partial charge in [-0.05, 0) is 45.4 Å². The molecule has 0 amide bonds. The normalized spacial score (nSPS) is 34.7. The van der Waals surface area contributed by atoms with Crippen molar-refractivity contribution in [3.05, 3.63) is 34.3 Å². The molecule has 1 aromatic carbocycles. The van der Waals surface area contributed by atoms with Crippen LogP contribution in [0.15, 0.2) is 28.7 Å². The molecule has 3 saturated heterocycles.